The predicted molar refractivity (Wildman–Crippen MR) is 68.0 cm³/mol. The Labute approximate surface area is 110 Å². The van der Waals surface area contributed by atoms with E-state index in [0.717, 1.165) is 12.1 Å². The number of aliphatic hydroxyl groups excluding tert-OH is 1. The molecule has 0 aliphatic heterocycles. The molecule has 19 heavy (non-hydrogen) atoms. The quantitative estimate of drug-likeness (QED) is 0.916. The summed E-state index contributed by atoms with van der Waals surface area (Å²) >= 11 is 0. The highest BCUT2D eigenvalue weighted by Gasteiger charge is 2.19. The lowest BCUT2D eigenvalue weighted by atomic mass is 10.0. The first kappa shape index (κ1) is 13.5. The Hall–Kier alpha value is -1.94. The van der Waals surface area contributed by atoms with Crippen LogP contribution in [0.15, 0.2) is 42.5 Å². The molecule has 2 aromatic carbocycles. The second kappa shape index (κ2) is 5.80. The Bertz CT molecular complexity index is 532. The molecule has 1 N–H and O–H groups in total. The van der Waals surface area contributed by atoms with Gasteiger partial charge >= 0.3 is 0 Å². The van der Waals surface area contributed by atoms with Crippen molar-refractivity contribution in [1.82, 2.24) is 0 Å². The third kappa shape index (κ3) is 2.90. The van der Waals surface area contributed by atoms with E-state index in [4.69, 9.17) is 4.74 Å². The maximum absolute atomic E-state index is 13.6. The maximum Gasteiger partial charge on any atom is 0.132 e. The lowest BCUT2D eigenvalue weighted by Crippen LogP contribution is -2.05. The summed E-state index contributed by atoms with van der Waals surface area (Å²) in [6.07, 6.45) is -1.34. The summed E-state index contributed by atoms with van der Waals surface area (Å²) in [5.41, 5.74) is 0.0686. The van der Waals surface area contributed by atoms with Crippen molar-refractivity contribution in [2.75, 3.05) is 6.61 Å². The van der Waals surface area contributed by atoms with Crippen LogP contribution in [0.5, 0.6) is 5.75 Å². The topological polar surface area (TPSA) is 29.5 Å². The van der Waals surface area contributed by atoms with Crippen LogP contribution in [0.1, 0.15) is 24.2 Å². The molecule has 0 fully saturated rings. The van der Waals surface area contributed by atoms with Gasteiger partial charge in [0.05, 0.1) is 12.2 Å². The fourth-order valence-electron chi connectivity index (χ4n) is 1.85. The minimum atomic E-state index is -1.34. The van der Waals surface area contributed by atoms with Crippen LogP contribution in [0.2, 0.25) is 0 Å². The third-order valence-corrected chi connectivity index (χ3v) is 2.78. The summed E-state index contributed by atoms with van der Waals surface area (Å²) in [4.78, 5) is 0. The largest absolute Gasteiger partial charge is 0.494 e. The molecule has 1 unspecified atom stereocenters. The number of halogens is 2. The summed E-state index contributed by atoms with van der Waals surface area (Å²) in [6, 6.07) is 9.98. The zero-order valence-electron chi connectivity index (χ0n) is 10.4. The van der Waals surface area contributed by atoms with Crippen molar-refractivity contribution in [3.05, 3.63) is 65.2 Å². The Morgan fingerprint density at radius 1 is 1.05 bits per heavy atom. The first-order valence-corrected chi connectivity index (χ1v) is 5.98. The number of benzene rings is 2. The van der Waals surface area contributed by atoms with Crippen LogP contribution < -0.4 is 4.74 Å². The Balaban J connectivity index is 2.31. The van der Waals surface area contributed by atoms with Gasteiger partial charge in [0.1, 0.15) is 23.5 Å². The van der Waals surface area contributed by atoms with E-state index in [2.05, 4.69) is 0 Å². The molecule has 0 radical (unpaired) electrons. The number of hydrogen-bond donors (Lipinski definition) is 1. The van der Waals surface area contributed by atoms with Crippen LogP contribution >= 0.6 is 0 Å². The van der Waals surface area contributed by atoms with Crippen molar-refractivity contribution < 1.29 is 18.6 Å². The van der Waals surface area contributed by atoms with E-state index >= 15 is 0 Å². The predicted octanol–water partition coefficient (Wildman–Crippen LogP) is 3.45. The molecule has 4 heteroatoms. The van der Waals surface area contributed by atoms with E-state index in [1.54, 1.807) is 24.3 Å². The molecular weight excluding hydrogens is 250 g/mol. The Kier molecular flexibility index (Phi) is 4.12. The van der Waals surface area contributed by atoms with E-state index in [1.807, 2.05) is 6.92 Å². The highest BCUT2D eigenvalue weighted by molar-refractivity contribution is 5.35. The van der Waals surface area contributed by atoms with Crippen LogP contribution in [0, 0.1) is 11.6 Å². The van der Waals surface area contributed by atoms with Gasteiger partial charge in [-0.15, -0.1) is 0 Å². The molecule has 100 valence electrons. The standard InChI is InChI=1S/C15H14F2O2/c1-2-19-11-8-6-10(7-9-11)15(18)14-12(16)4-3-5-13(14)17/h3-9,15,18H,2H2,1H3. The molecular formula is C15H14F2O2. The van der Waals surface area contributed by atoms with Gasteiger partial charge < -0.3 is 9.84 Å². The fourth-order valence-corrected chi connectivity index (χ4v) is 1.85. The summed E-state index contributed by atoms with van der Waals surface area (Å²) in [6.45, 7) is 2.39. The van der Waals surface area contributed by atoms with E-state index in [0.29, 0.717) is 17.9 Å². The van der Waals surface area contributed by atoms with Gasteiger partial charge in [0, 0.05) is 0 Å². The lowest BCUT2D eigenvalue weighted by Gasteiger charge is -2.14. The molecule has 0 amide bonds. The van der Waals surface area contributed by atoms with Crippen LogP contribution in [-0.4, -0.2) is 11.7 Å². The summed E-state index contributed by atoms with van der Waals surface area (Å²) in [5, 5.41) is 10.1. The minimum Gasteiger partial charge on any atom is -0.494 e. The molecule has 2 aromatic rings. The van der Waals surface area contributed by atoms with E-state index < -0.39 is 17.7 Å². The molecule has 0 saturated carbocycles. The summed E-state index contributed by atoms with van der Waals surface area (Å²) in [5.74, 6) is -0.879. The third-order valence-electron chi connectivity index (χ3n) is 2.78. The highest BCUT2D eigenvalue weighted by atomic mass is 19.1. The first-order chi connectivity index (χ1) is 9.13. The number of rotatable bonds is 4. The Morgan fingerprint density at radius 3 is 2.16 bits per heavy atom. The van der Waals surface area contributed by atoms with Gasteiger partial charge in [-0.2, -0.15) is 0 Å². The molecule has 1 atom stereocenters. The van der Waals surface area contributed by atoms with Gasteiger partial charge in [-0.05, 0) is 36.8 Å². The highest BCUT2D eigenvalue weighted by Crippen LogP contribution is 2.27. The minimum absolute atomic E-state index is 0.341. The number of hydrogen-bond acceptors (Lipinski definition) is 2. The lowest BCUT2D eigenvalue weighted by molar-refractivity contribution is 0.209. The number of aliphatic hydroxyl groups is 1. The molecule has 0 spiro atoms. The second-order valence-corrected chi connectivity index (χ2v) is 4.04. The van der Waals surface area contributed by atoms with E-state index in [-0.39, 0.29) is 5.56 Å². The molecule has 0 saturated heterocycles. The summed E-state index contributed by atoms with van der Waals surface area (Å²) in [7, 11) is 0. The van der Waals surface area contributed by atoms with E-state index in [1.165, 1.54) is 6.07 Å². The molecule has 0 aromatic heterocycles. The van der Waals surface area contributed by atoms with Gasteiger partial charge in [0.2, 0.25) is 0 Å². The van der Waals surface area contributed by atoms with Gasteiger partial charge in [0.25, 0.3) is 0 Å². The van der Waals surface area contributed by atoms with Gasteiger partial charge in [0.15, 0.2) is 0 Å². The molecule has 2 nitrogen and oxygen atoms in total. The van der Waals surface area contributed by atoms with E-state index in [9.17, 15) is 13.9 Å². The summed E-state index contributed by atoms with van der Waals surface area (Å²) < 4.78 is 32.4. The van der Waals surface area contributed by atoms with Crippen molar-refractivity contribution in [2.24, 2.45) is 0 Å². The molecule has 0 bridgehead atoms. The van der Waals surface area contributed by atoms with Crippen molar-refractivity contribution in [3.8, 4) is 5.75 Å². The van der Waals surface area contributed by atoms with Gasteiger partial charge in [-0.25, -0.2) is 8.78 Å². The van der Waals surface area contributed by atoms with Crippen LogP contribution in [0.3, 0.4) is 0 Å². The molecule has 0 aliphatic carbocycles. The van der Waals surface area contributed by atoms with Crippen LogP contribution in [0.4, 0.5) is 8.78 Å². The molecule has 0 heterocycles. The average molecular weight is 264 g/mol. The zero-order chi connectivity index (χ0) is 13.8. The van der Waals surface area contributed by atoms with Crippen molar-refractivity contribution in [1.29, 1.82) is 0 Å². The van der Waals surface area contributed by atoms with Crippen molar-refractivity contribution in [2.45, 2.75) is 13.0 Å². The van der Waals surface area contributed by atoms with Crippen LogP contribution in [0.25, 0.3) is 0 Å². The second-order valence-electron chi connectivity index (χ2n) is 4.04. The van der Waals surface area contributed by atoms with Gasteiger partial charge in [-0.3, -0.25) is 0 Å². The molecule has 0 aliphatic rings. The number of ether oxygens (including phenoxy) is 1. The van der Waals surface area contributed by atoms with Crippen molar-refractivity contribution in [3.63, 3.8) is 0 Å². The average Bonchev–Trinajstić information content (AvgIpc) is 2.39. The van der Waals surface area contributed by atoms with Gasteiger partial charge in [-0.1, -0.05) is 18.2 Å². The first-order valence-electron chi connectivity index (χ1n) is 5.98. The SMILES string of the molecule is CCOc1ccc(C(O)c2c(F)cccc2F)cc1. The monoisotopic (exact) mass is 264 g/mol. The van der Waals surface area contributed by atoms with Crippen LogP contribution in [-0.2, 0) is 0 Å². The smallest absolute Gasteiger partial charge is 0.132 e. The Morgan fingerprint density at radius 2 is 1.63 bits per heavy atom. The van der Waals surface area contributed by atoms with Crippen molar-refractivity contribution >= 4 is 0 Å². The maximum atomic E-state index is 13.6. The normalized spacial score (nSPS) is 12.2. The fraction of sp³-hybridized carbons (Fsp3) is 0.200. The molecule has 2 rings (SSSR count). The zero-order valence-corrected chi connectivity index (χ0v) is 10.4.